The lowest BCUT2D eigenvalue weighted by molar-refractivity contribution is -0.137. The molecule has 0 fully saturated rings. The Hall–Kier alpha value is -3.57. The molecule has 0 aliphatic rings. The van der Waals surface area contributed by atoms with Crippen LogP contribution in [0.5, 0.6) is 0 Å². The number of aromatic nitrogens is 9. The summed E-state index contributed by atoms with van der Waals surface area (Å²) in [6.07, 6.45) is 3.47. The average Bonchev–Trinajstić information content (AvgIpc) is 3.36. The number of hydrogen-bond donors (Lipinski definition) is 0. The zero-order chi connectivity index (χ0) is 17.4. The summed E-state index contributed by atoms with van der Waals surface area (Å²) < 4.78 is 43.4. The third-order valence-corrected chi connectivity index (χ3v) is 3.35. The highest BCUT2D eigenvalue weighted by Gasteiger charge is 2.37. The van der Waals surface area contributed by atoms with Crippen molar-refractivity contribution in [2.24, 2.45) is 0 Å². The Bertz CT molecular complexity index is 973. The summed E-state index contributed by atoms with van der Waals surface area (Å²) in [6.45, 7) is 0. The van der Waals surface area contributed by atoms with E-state index in [2.05, 4.69) is 30.8 Å². The second kappa shape index (κ2) is 5.51. The zero-order valence-electron chi connectivity index (χ0n) is 12.3. The van der Waals surface area contributed by atoms with Crippen LogP contribution in [0, 0.1) is 0 Å². The summed E-state index contributed by atoms with van der Waals surface area (Å²) in [7, 11) is 0. The molecule has 0 bridgehead atoms. The molecule has 0 saturated heterocycles. The lowest BCUT2D eigenvalue weighted by atomic mass is 10.1. The Kier molecular flexibility index (Phi) is 3.30. The van der Waals surface area contributed by atoms with E-state index in [0.717, 1.165) is 15.5 Å². The number of benzene rings is 1. The van der Waals surface area contributed by atoms with Crippen LogP contribution in [0.1, 0.15) is 5.56 Å². The summed E-state index contributed by atoms with van der Waals surface area (Å²) in [5.41, 5.74) is -0.958. The maximum absolute atomic E-state index is 13.7. The molecular weight excluding hydrogens is 339 g/mol. The van der Waals surface area contributed by atoms with E-state index in [1.165, 1.54) is 47.9 Å². The van der Waals surface area contributed by atoms with Crippen molar-refractivity contribution in [1.29, 1.82) is 0 Å². The molecule has 4 rings (SSSR count). The molecule has 0 saturated carbocycles. The Labute approximate surface area is 137 Å². The lowest BCUT2D eigenvalue weighted by Crippen LogP contribution is -2.17. The first-order valence-corrected chi connectivity index (χ1v) is 6.89. The smallest absolute Gasteiger partial charge is 0.221 e. The molecule has 0 amide bonds. The summed E-state index contributed by atoms with van der Waals surface area (Å²) in [5, 5.41) is 22.5. The third-order valence-electron chi connectivity index (χ3n) is 3.35. The number of nitrogens with zero attached hydrogens (tertiary/aromatic N) is 9. The fourth-order valence-corrected chi connectivity index (χ4v) is 2.36. The van der Waals surface area contributed by atoms with Gasteiger partial charge in [0.1, 0.15) is 11.4 Å². The normalized spacial score (nSPS) is 11.8. The van der Waals surface area contributed by atoms with Crippen LogP contribution < -0.4 is 0 Å². The summed E-state index contributed by atoms with van der Waals surface area (Å²) in [4.78, 5) is 1.08. The summed E-state index contributed by atoms with van der Waals surface area (Å²) in [5.74, 6) is 0. The fourth-order valence-electron chi connectivity index (χ4n) is 2.36. The van der Waals surface area contributed by atoms with Gasteiger partial charge in [-0.05, 0) is 12.1 Å². The highest BCUT2D eigenvalue weighted by atomic mass is 19.4. The van der Waals surface area contributed by atoms with Crippen molar-refractivity contribution in [1.82, 2.24) is 45.0 Å². The van der Waals surface area contributed by atoms with Crippen molar-refractivity contribution in [3.05, 3.63) is 54.9 Å². The van der Waals surface area contributed by atoms with Gasteiger partial charge in [-0.1, -0.05) is 10.4 Å². The molecule has 0 unspecified atom stereocenters. The maximum Gasteiger partial charge on any atom is 0.418 e. The van der Waals surface area contributed by atoms with Crippen molar-refractivity contribution in [3.8, 4) is 17.1 Å². The summed E-state index contributed by atoms with van der Waals surface area (Å²) in [6, 6.07) is 2.42. The molecule has 0 N–H and O–H groups in total. The van der Waals surface area contributed by atoms with Crippen molar-refractivity contribution < 1.29 is 13.2 Å². The van der Waals surface area contributed by atoms with Gasteiger partial charge in [-0.2, -0.15) is 23.4 Å². The van der Waals surface area contributed by atoms with Crippen LogP contribution in [-0.2, 0) is 6.18 Å². The SMILES string of the molecule is FC(F)(F)c1cc(-n2ccnn2)cc(-n2nccn2)c1-n1ccnn1. The van der Waals surface area contributed by atoms with Gasteiger partial charge < -0.3 is 0 Å². The first-order valence-electron chi connectivity index (χ1n) is 6.89. The van der Waals surface area contributed by atoms with Gasteiger partial charge >= 0.3 is 6.18 Å². The van der Waals surface area contributed by atoms with Gasteiger partial charge in [0.05, 0.1) is 48.4 Å². The molecule has 0 aliphatic heterocycles. The Morgan fingerprint density at radius 3 is 2.00 bits per heavy atom. The van der Waals surface area contributed by atoms with E-state index >= 15 is 0 Å². The molecule has 25 heavy (non-hydrogen) atoms. The van der Waals surface area contributed by atoms with E-state index in [1.54, 1.807) is 0 Å². The number of halogens is 3. The quantitative estimate of drug-likeness (QED) is 0.557. The van der Waals surface area contributed by atoms with E-state index in [9.17, 15) is 13.2 Å². The van der Waals surface area contributed by atoms with Gasteiger partial charge in [0, 0.05) is 0 Å². The van der Waals surface area contributed by atoms with E-state index < -0.39 is 11.7 Å². The van der Waals surface area contributed by atoms with Crippen molar-refractivity contribution in [2.75, 3.05) is 0 Å². The van der Waals surface area contributed by atoms with Gasteiger partial charge in [-0.25, -0.2) is 9.36 Å². The van der Waals surface area contributed by atoms with Crippen molar-refractivity contribution in [3.63, 3.8) is 0 Å². The number of hydrogen-bond acceptors (Lipinski definition) is 6. The van der Waals surface area contributed by atoms with E-state index in [1.807, 2.05) is 0 Å². The molecule has 126 valence electrons. The topological polar surface area (TPSA) is 92.1 Å². The van der Waals surface area contributed by atoms with Crippen LogP contribution in [0.2, 0.25) is 0 Å². The monoisotopic (exact) mass is 347 g/mol. The first-order chi connectivity index (χ1) is 12.0. The fraction of sp³-hybridized carbons (Fsp3) is 0.0769. The maximum atomic E-state index is 13.7. The highest BCUT2D eigenvalue weighted by molar-refractivity contribution is 5.62. The minimum absolute atomic E-state index is 0.0656. The van der Waals surface area contributed by atoms with Gasteiger partial charge in [-0.15, -0.1) is 15.0 Å². The lowest BCUT2D eigenvalue weighted by Gasteiger charge is -2.17. The van der Waals surface area contributed by atoms with Crippen LogP contribution in [0.4, 0.5) is 13.2 Å². The van der Waals surface area contributed by atoms with E-state index in [-0.39, 0.29) is 17.1 Å². The minimum atomic E-state index is -4.65. The molecular formula is C13H8F3N9. The van der Waals surface area contributed by atoms with Crippen LogP contribution in [0.15, 0.2) is 49.3 Å². The molecule has 0 aliphatic carbocycles. The molecule has 0 spiro atoms. The van der Waals surface area contributed by atoms with Crippen LogP contribution in [0.3, 0.4) is 0 Å². The largest absolute Gasteiger partial charge is 0.418 e. The second-order valence-electron chi connectivity index (χ2n) is 4.87. The first kappa shape index (κ1) is 15.0. The predicted molar refractivity (Wildman–Crippen MR) is 76.2 cm³/mol. The van der Waals surface area contributed by atoms with Gasteiger partial charge in [-0.3, -0.25) is 0 Å². The van der Waals surface area contributed by atoms with Crippen molar-refractivity contribution in [2.45, 2.75) is 6.18 Å². The summed E-state index contributed by atoms with van der Waals surface area (Å²) >= 11 is 0. The zero-order valence-corrected chi connectivity index (χ0v) is 12.3. The molecule has 0 atom stereocenters. The molecule has 3 heterocycles. The molecule has 3 aromatic heterocycles. The Morgan fingerprint density at radius 1 is 0.800 bits per heavy atom. The van der Waals surface area contributed by atoms with Crippen LogP contribution >= 0.6 is 0 Å². The molecule has 12 heteroatoms. The van der Waals surface area contributed by atoms with Gasteiger partial charge in [0.2, 0.25) is 0 Å². The average molecular weight is 347 g/mol. The minimum Gasteiger partial charge on any atom is -0.221 e. The highest BCUT2D eigenvalue weighted by Crippen LogP contribution is 2.37. The number of rotatable bonds is 3. The molecule has 1 aromatic carbocycles. The Morgan fingerprint density at radius 2 is 1.44 bits per heavy atom. The van der Waals surface area contributed by atoms with Gasteiger partial charge in [0.25, 0.3) is 0 Å². The Balaban J connectivity index is 2.07. The second-order valence-corrected chi connectivity index (χ2v) is 4.87. The molecule has 4 aromatic rings. The van der Waals surface area contributed by atoms with Crippen LogP contribution in [-0.4, -0.2) is 45.0 Å². The standard InChI is InChI=1S/C13H8F3N9/c14-13(15,16)10-7-9(23-5-3-17-21-23)8-11(25-19-1-2-20-25)12(10)24-6-4-18-22-24/h1-8H. The van der Waals surface area contributed by atoms with Gasteiger partial charge in [0.15, 0.2) is 0 Å². The third kappa shape index (κ3) is 2.62. The van der Waals surface area contributed by atoms with E-state index in [4.69, 9.17) is 0 Å². The molecule has 9 nitrogen and oxygen atoms in total. The molecule has 0 radical (unpaired) electrons. The van der Waals surface area contributed by atoms with Crippen LogP contribution in [0.25, 0.3) is 17.1 Å². The van der Waals surface area contributed by atoms with Crippen molar-refractivity contribution >= 4 is 0 Å². The number of alkyl halides is 3. The predicted octanol–water partition coefficient (Wildman–Crippen LogP) is 1.45. The van der Waals surface area contributed by atoms with E-state index in [0.29, 0.717) is 0 Å².